The van der Waals surface area contributed by atoms with Crippen LogP contribution in [0.1, 0.15) is 136 Å². The lowest BCUT2D eigenvalue weighted by Crippen LogP contribution is -2.43. The van der Waals surface area contributed by atoms with Crippen LogP contribution in [-0.4, -0.2) is 0 Å². The fraction of sp³-hybridized carbons (Fsp3) is 0.159. The molecule has 1 unspecified atom stereocenters. The molecule has 0 saturated heterocycles. The van der Waals surface area contributed by atoms with Crippen molar-refractivity contribution in [2.75, 3.05) is 9.80 Å². The molecule has 109 heavy (non-hydrogen) atoms. The highest BCUT2D eigenvalue weighted by Gasteiger charge is 2.46. The van der Waals surface area contributed by atoms with Gasteiger partial charge in [-0.05, 0) is 294 Å². The zero-order valence-corrected chi connectivity index (χ0v) is 63.3. The maximum Gasteiger partial charge on any atom is 0.0468 e. The summed E-state index contributed by atoms with van der Waals surface area (Å²) in [7, 11) is 0. The molecule has 7 aliphatic carbocycles. The van der Waals surface area contributed by atoms with Crippen LogP contribution in [0.3, 0.4) is 0 Å². The van der Waals surface area contributed by atoms with E-state index >= 15 is 0 Å². The highest BCUT2D eigenvalue weighted by atomic mass is 15.2. The number of allylic oxidation sites excluding steroid dienone is 13. The van der Waals surface area contributed by atoms with Crippen molar-refractivity contribution in [2.45, 2.75) is 103 Å². The van der Waals surface area contributed by atoms with E-state index in [1.807, 2.05) is 12.2 Å². The molecule has 7 aliphatic rings. The highest BCUT2D eigenvalue weighted by molar-refractivity contribution is 6.26. The second-order valence-electron chi connectivity index (χ2n) is 32.9. The van der Waals surface area contributed by atoms with E-state index < -0.39 is 0 Å². The zero-order chi connectivity index (χ0) is 73.6. The smallest absolute Gasteiger partial charge is 0.0468 e. The van der Waals surface area contributed by atoms with Crippen molar-refractivity contribution in [2.24, 2.45) is 5.92 Å². The van der Waals surface area contributed by atoms with Gasteiger partial charge in [0.05, 0.1) is 0 Å². The van der Waals surface area contributed by atoms with E-state index in [1.54, 1.807) is 0 Å². The van der Waals surface area contributed by atoms with Crippen LogP contribution in [0.25, 0.3) is 93.6 Å². The Hall–Kier alpha value is -12.1. The van der Waals surface area contributed by atoms with Gasteiger partial charge in [-0.15, -0.1) is 0 Å². The average Bonchev–Trinajstić information content (AvgIpc) is 1.52. The maximum absolute atomic E-state index is 4.68. The lowest BCUT2D eigenvalue weighted by atomic mass is 9.63. The number of aryl methyl sites for hydroxylation is 1. The van der Waals surface area contributed by atoms with Gasteiger partial charge < -0.3 is 9.80 Å². The summed E-state index contributed by atoms with van der Waals surface area (Å²) in [6, 6.07) is 100. The fourth-order valence-corrected chi connectivity index (χ4v) is 20.5. The molecule has 2 nitrogen and oxygen atoms in total. The SMILES string of the molecule is C=C/C=C\C(=C)C1=C2c3ccc(N(C4=CC=C5c6ccccc6C(C)(C)C5C4)c4ccc(-c5cccc(C6=c7ccc(-c8ccccc8)c8c7=C(CC6)C(C)(C)c6cc(N(c7ccc(C9=CCCC=C9)cc7)c7ccc9c%10ccccc%10c%10ccccc%10c9c7)ccc6-8)c5)cc4)cc3C(C)(C)c3cccc(c32)CC1. The van der Waals surface area contributed by atoms with E-state index in [2.05, 4.69) is 362 Å². The first-order chi connectivity index (χ1) is 53.2. The summed E-state index contributed by atoms with van der Waals surface area (Å²) < 4.78 is 0. The van der Waals surface area contributed by atoms with E-state index in [1.165, 1.54) is 177 Å². The van der Waals surface area contributed by atoms with Gasteiger partial charge in [0, 0.05) is 45.0 Å². The van der Waals surface area contributed by atoms with E-state index in [4.69, 9.17) is 0 Å². The quantitative estimate of drug-likeness (QED) is 0.0838. The Labute approximate surface area is 641 Å². The summed E-state index contributed by atoms with van der Waals surface area (Å²) in [4.78, 5) is 5.10. The van der Waals surface area contributed by atoms with Crippen molar-refractivity contribution < 1.29 is 0 Å². The largest absolute Gasteiger partial charge is 0.314 e. The van der Waals surface area contributed by atoms with Crippen molar-refractivity contribution in [1.29, 1.82) is 0 Å². The molecule has 0 heterocycles. The van der Waals surface area contributed by atoms with Gasteiger partial charge in [0.1, 0.15) is 0 Å². The number of rotatable bonds is 13. The minimum absolute atomic E-state index is 0.0349. The maximum atomic E-state index is 4.68. The van der Waals surface area contributed by atoms with E-state index in [9.17, 15) is 0 Å². The average molecular weight is 1400 g/mol. The standard InChI is InChI=1S/C107H88N2/c1-9-10-25-67(2)81-53-44-72-30-24-39-96-101(72)102(81)92-56-51-80(66-99(92)106(96,5)6)109(78-50-55-90-89-37-21-22-38-95(89)105(3,4)98(90)64-78)76-47-42-70(43-48-76)73-31-23-32-74(62-73)82-60-61-97-104-91(82)59-58-83(71-28-15-12-16-29-71)103(104)93-57-52-79(65-100(93)107(97,7)8)108(75-45-40-69(41-46-75)68-26-13-11-14-27-68)77-49-54-88-86-35-18-17-33-84(86)85-34-19-20-36-87(85)94(88)63-77/h9-10,12-13,15-43,45-52,54-59,62-63,65-66,98H,1-2,11,14,44,53,60-61,64H2,3-8H3/b25-10-. The summed E-state index contributed by atoms with van der Waals surface area (Å²) in [5, 5.41) is 10.4. The normalized spacial score (nSPS) is 17.2. The first kappa shape index (κ1) is 66.3. The van der Waals surface area contributed by atoms with Gasteiger partial charge in [0.25, 0.3) is 0 Å². The van der Waals surface area contributed by atoms with Crippen LogP contribution >= 0.6 is 0 Å². The number of nitrogens with zero attached hydrogens (tertiary/aromatic N) is 2. The summed E-state index contributed by atoms with van der Waals surface area (Å²) in [5.41, 5.74) is 37.0. The highest BCUT2D eigenvalue weighted by Crippen LogP contribution is 2.58. The first-order valence-corrected chi connectivity index (χ1v) is 39.4. The molecular weight excluding hydrogens is 1310 g/mol. The van der Waals surface area contributed by atoms with Crippen molar-refractivity contribution in [3.05, 3.63) is 406 Å². The van der Waals surface area contributed by atoms with Gasteiger partial charge in [-0.25, -0.2) is 0 Å². The Morgan fingerprint density at radius 2 is 1.04 bits per heavy atom. The molecule has 0 radical (unpaired) electrons. The molecule has 1 atom stereocenters. The van der Waals surface area contributed by atoms with E-state index in [-0.39, 0.29) is 16.2 Å². The Morgan fingerprint density at radius 3 is 1.78 bits per heavy atom. The molecule has 0 bridgehead atoms. The van der Waals surface area contributed by atoms with Crippen LogP contribution < -0.4 is 20.2 Å². The molecule has 0 fully saturated rings. The number of hydrogen-bond acceptors (Lipinski definition) is 2. The van der Waals surface area contributed by atoms with Gasteiger partial charge in [0.2, 0.25) is 0 Å². The van der Waals surface area contributed by atoms with E-state index in [0.29, 0.717) is 5.92 Å². The van der Waals surface area contributed by atoms with Gasteiger partial charge in [-0.3, -0.25) is 0 Å². The third-order valence-corrected chi connectivity index (χ3v) is 26.0. The lowest BCUT2D eigenvalue weighted by Gasteiger charge is -2.42. The number of benzene rings is 13. The predicted molar refractivity (Wildman–Crippen MR) is 464 cm³/mol. The zero-order valence-electron chi connectivity index (χ0n) is 63.3. The fourth-order valence-electron chi connectivity index (χ4n) is 20.5. The molecule has 0 saturated carbocycles. The topological polar surface area (TPSA) is 6.48 Å². The number of fused-ring (bicyclic) bond motifs is 13. The van der Waals surface area contributed by atoms with Gasteiger partial charge in [-0.1, -0.05) is 297 Å². The molecule has 13 aromatic rings. The van der Waals surface area contributed by atoms with Gasteiger partial charge in [0.15, 0.2) is 0 Å². The van der Waals surface area contributed by atoms with Crippen molar-refractivity contribution in [3.8, 4) is 33.4 Å². The Bertz CT molecular complexity index is 6390. The lowest BCUT2D eigenvalue weighted by molar-refractivity contribution is 0.406. The third-order valence-electron chi connectivity index (χ3n) is 26.0. The van der Waals surface area contributed by atoms with Crippen LogP contribution in [-0.2, 0) is 22.7 Å². The molecule has 0 amide bonds. The Kier molecular flexibility index (Phi) is 15.5. The predicted octanol–water partition coefficient (Wildman–Crippen LogP) is 26.9. The molecule has 0 aliphatic heterocycles. The molecule has 2 heteroatoms. The molecular formula is C107H88N2. The van der Waals surface area contributed by atoms with Crippen LogP contribution in [0.5, 0.6) is 0 Å². The molecule has 20 rings (SSSR count). The van der Waals surface area contributed by atoms with Crippen LogP contribution in [0, 0.1) is 5.92 Å². The van der Waals surface area contributed by atoms with Gasteiger partial charge in [-0.2, -0.15) is 0 Å². The van der Waals surface area contributed by atoms with E-state index in [0.717, 1.165) is 73.3 Å². The summed E-state index contributed by atoms with van der Waals surface area (Å²) >= 11 is 0. The number of hydrogen-bond donors (Lipinski definition) is 0. The van der Waals surface area contributed by atoms with Crippen molar-refractivity contribution in [3.63, 3.8) is 0 Å². The van der Waals surface area contributed by atoms with Crippen molar-refractivity contribution in [1.82, 2.24) is 0 Å². The first-order valence-electron chi connectivity index (χ1n) is 39.4. The molecule has 13 aromatic carbocycles. The number of anilines is 5. The van der Waals surface area contributed by atoms with Gasteiger partial charge >= 0.3 is 0 Å². The summed E-state index contributed by atoms with van der Waals surface area (Å²) in [6.07, 6.45) is 24.8. The third kappa shape index (κ3) is 10.5. The molecule has 526 valence electrons. The monoisotopic (exact) mass is 1400 g/mol. The molecule has 0 aromatic heterocycles. The Morgan fingerprint density at radius 1 is 0.431 bits per heavy atom. The van der Waals surface area contributed by atoms with Crippen LogP contribution in [0.4, 0.5) is 28.4 Å². The van der Waals surface area contributed by atoms with Crippen LogP contribution in [0.15, 0.2) is 339 Å². The summed E-state index contributed by atoms with van der Waals surface area (Å²) in [6.45, 7) is 23.5. The van der Waals surface area contributed by atoms with Crippen LogP contribution in [0.2, 0.25) is 0 Å². The molecule has 0 spiro atoms. The second-order valence-corrected chi connectivity index (χ2v) is 32.9. The second kappa shape index (κ2) is 25.5. The van der Waals surface area contributed by atoms with Crippen molar-refractivity contribution >= 4 is 88.6 Å². The summed E-state index contributed by atoms with van der Waals surface area (Å²) in [5.74, 6) is 0.330. The minimum Gasteiger partial charge on any atom is -0.314 e. The minimum atomic E-state index is -0.302. The Balaban J connectivity index is 0.703. The molecule has 0 N–H and O–H groups in total.